The van der Waals surface area contributed by atoms with Gasteiger partial charge in [0.15, 0.2) is 0 Å². The maximum Gasteiger partial charge on any atom is 0.0963 e. The first kappa shape index (κ1) is 17.2. The van der Waals surface area contributed by atoms with Crippen molar-refractivity contribution in [1.29, 1.82) is 0 Å². The second-order valence-corrected chi connectivity index (χ2v) is 2.18. The predicted octanol–water partition coefficient (Wildman–Crippen LogP) is 0.835. The summed E-state index contributed by atoms with van der Waals surface area (Å²) in [6, 6.07) is 0. The summed E-state index contributed by atoms with van der Waals surface area (Å²) in [7, 11) is 0. The Labute approximate surface area is 79.9 Å². The van der Waals surface area contributed by atoms with Gasteiger partial charge in [-0.25, -0.2) is 0 Å². The van der Waals surface area contributed by atoms with Gasteiger partial charge < -0.3 is 10.8 Å². The molecule has 0 radical (unpaired) electrons. The molecule has 0 aromatic rings. The molecule has 0 aliphatic heterocycles. The second kappa shape index (κ2) is 10.0. The van der Waals surface area contributed by atoms with Crippen molar-refractivity contribution in [3.05, 3.63) is 0 Å². The molecule has 0 rings (SSSR count). The highest BCUT2D eigenvalue weighted by Gasteiger charge is 1.95. The van der Waals surface area contributed by atoms with Gasteiger partial charge in [0.1, 0.15) is 0 Å². The number of halogens is 2. The van der Waals surface area contributed by atoms with E-state index in [1.165, 1.54) is 0 Å². The van der Waals surface area contributed by atoms with E-state index in [9.17, 15) is 0 Å². The summed E-state index contributed by atoms with van der Waals surface area (Å²) in [5.74, 6) is 0.903. The third kappa shape index (κ3) is 10.0. The van der Waals surface area contributed by atoms with E-state index in [1.54, 1.807) is 0 Å². The average molecular weight is 203 g/mol. The standard InChI is InChI=1S/C6H14N2O.2ClH/c1-5(2)6(7)8-3-4-9;;/h5,9H,3-4H2,1-2H3,(H2,7,8);2*1H. The van der Waals surface area contributed by atoms with Crippen LogP contribution in [-0.2, 0) is 0 Å². The van der Waals surface area contributed by atoms with Crippen LogP contribution >= 0.6 is 24.8 Å². The van der Waals surface area contributed by atoms with E-state index in [0.29, 0.717) is 12.4 Å². The lowest BCUT2D eigenvalue weighted by molar-refractivity contribution is 0.306. The number of hydrogen-bond acceptors (Lipinski definition) is 2. The van der Waals surface area contributed by atoms with Crippen LogP contribution in [0.1, 0.15) is 13.8 Å². The smallest absolute Gasteiger partial charge is 0.0963 e. The van der Waals surface area contributed by atoms with Gasteiger partial charge in [0.2, 0.25) is 0 Å². The fraction of sp³-hybridized carbons (Fsp3) is 0.833. The van der Waals surface area contributed by atoms with Crippen LogP contribution in [0.3, 0.4) is 0 Å². The quantitative estimate of drug-likeness (QED) is 0.527. The number of aliphatic hydroxyl groups excluding tert-OH is 1. The minimum atomic E-state index is 0. The van der Waals surface area contributed by atoms with Crippen molar-refractivity contribution < 1.29 is 5.11 Å². The molecule has 0 fully saturated rings. The Bertz CT molecular complexity index is 107. The van der Waals surface area contributed by atoms with Crippen molar-refractivity contribution in [1.82, 2.24) is 0 Å². The van der Waals surface area contributed by atoms with Gasteiger partial charge in [-0.05, 0) is 0 Å². The Morgan fingerprint density at radius 1 is 1.45 bits per heavy atom. The molecule has 0 aromatic heterocycles. The number of rotatable bonds is 3. The summed E-state index contributed by atoms with van der Waals surface area (Å²) >= 11 is 0. The Kier molecular flexibility index (Phi) is 15.6. The molecule has 0 spiro atoms. The van der Waals surface area contributed by atoms with Crippen molar-refractivity contribution in [3.8, 4) is 0 Å². The number of nitrogens with zero attached hydrogens (tertiary/aromatic N) is 1. The second-order valence-electron chi connectivity index (χ2n) is 2.18. The number of hydrogen-bond donors (Lipinski definition) is 2. The van der Waals surface area contributed by atoms with Crippen LogP contribution in [0.4, 0.5) is 0 Å². The third-order valence-electron chi connectivity index (χ3n) is 0.986. The number of nitrogens with two attached hydrogens (primary N) is 1. The summed E-state index contributed by atoms with van der Waals surface area (Å²) in [6.45, 7) is 4.43. The molecule has 0 aliphatic carbocycles. The minimum Gasteiger partial charge on any atom is -0.394 e. The van der Waals surface area contributed by atoms with E-state index in [1.807, 2.05) is 13.8 Å². The first-order chi connectivity index (χ1) is 4.18. The normalized spacial score (nSPS) is 10.4. The molecular formula is C6H16Cl2N2O. The van der Waals surface area contributed by atoms with Crippen molar-refractivity contribution in [2.45, 2.75) is 13.8 Å². The highest BCUT2D eigenvalue weighted by atomic mass is 35.5. The summed E-state index contributed by atoms with van der Waals surface area (Å²) in [5, 5.41) is 8.33. The predicted molar refractivity (Wildman–Crippen MR) is 52.9 cm³/mol. The molecule has 0 saturated carbocycles. The van der Waals surface area contributed by atoms with Crippen molar-refractivity contribution in [2.24, 2.45) is 16.6 Å². The van der Waals surface area contributed by atoms with E-state index in [2.05, 4.69) is 4.99 Å². The maximum atomic E-state index is 8.33. The van der Waals surface area contributed by atoms with Crippen LogP contribution in [-0.4, -0.2) is 24.1 Å². The van der Waals surface area contributed by atoms with Gasteiger partial charge in [0, 0.05) is 5.92 Å². The van der Waals surface area contributed by atoms with Crippen molar-refractivity contribution in [3.63, 3.8) is 0 Å². The topological polar surface area (TPSA) is 58.6 Å². The third-order valence-corrected chi connectivity index (χ3v) is 0.986. The highest BCUT2D eigenvalue weighted by molar-refractivity contribution is 5.85. The van der Waals surface area contributed by atoms with Gasteiger partial charge in [-0.15, -0.1) is 24.8 Å². The van der Waals surface area contributed by atoms with Gasteiger partial charge in [0.25, 0.3) is 0 Å². The molecule has 0 amide bonds. The van der Waals surface area contributed by atoms with Gasteiger partial charge in [-0.1, -0.05) is 13.8 Å². The van der Waals surface area contributed by atoms with Crippen LogP contribution in [0.15, 0.2) is 4.99 Å². The van der Waals surface area contributed by atoms with Gasteiger partial charge in [-0.3, -0.25) is 4.99 Å². The lowest BCUT2D eigenvalue weighted by atomic mass is 10.2. The summed E-state index contributed by atoms with van der Waals surface area (Å²) in [4.78, 5) is 3.89. The summed E-state index contributed by atoms with van der Waals surface area (Å²) < 4.78 is 0. The number of aliphatic imine (C=N–C) groups is 1. The van der Waals surface area contributed by atoms with E-state index >= 15 is 0 Å². The van der Waals surface area contributed by atoms with Crippen LogP contribution in [0.25, 0.3) is 0 Å². The Morgan fingerprint density at radius 3 is 2.18 bits per heavy atom. The number of amidine groups is 1. The molecule has 0 saturated heterocycles. The Morgan fingerprint density at radius 2 is 1.91 bits per heavy atom. The molecule has 0 unspecified atom stereocenters. The zero-order valence-electron chi connectivity index (χ0n) is 6.78. The number of aliphatic hydroxyl groups is 1. The highest BCUT2D eigenvalue weighted by Crippen LogP contribution is 1.89. The van der Waals surface area contributed by atoms with Crippen molar-refractivity contribution in [2.75, 3.05) is 13.2 Å². The van der Waals surface area contributed by atoms with Gasteiger partial charge in [-0.2, -0.15) is 0 Å². The molecule has 70 valence electrons. The van der Waals surface area contributed by atoms with E-state index in [4.69, 9.17) is 10.8 Å². The zero-order valence-corrected chi connectivity index (χ0v) is 8.41. The molecule has 11 heavy (non-hydrogen) atoms. The molecule has 0 aromatic carbocycles. The van der Waals surface area contributed by atoms with Crippen LogP contribution < -0.4 is 5.73 Å². The lowest BCUT2D eigenvalue weighted by Crippen LogP contribution is -2.19. The van der Waals surface area contributed by atoms with E-state index in [-0.39, 0.29) is 37.3 Å². The monoisotopic (exact) mass is 202 g/mol. The fourth-order valence-corrected chi connectivity index (χ4v) is 0.362. The first-order valence-electron chi connectivity index (χ1n) is 3.09. The molecule has 3 nitrogen and oxygen atoms in total. The maximum absolute atomic E-state index is 8.33. The van der Waals surface area contributed by atoms with Crippen molar-refractivity contribution >= 4 is 30.6 Å². The van der Waals surface area contributed by atoms with Crippen LogP contribution in [0, 0.1) is 5.92 Å². The largest absolute Gasteiger partial charge is 0.394 e. The van der Waals surface area contributed by atoms with E-state index < -0.39 is 0 Å². The fourth-order valence-electron chi connectivity index (χ4n) is 0.362. The summed E-state index contributed by atoms with van der Waals surface area (Å²) in [6.07, 6.45) is 0. The molecule has 0 aliphatic rings. The zero-order chi connectivity index (χ0) is 7.28. The molecule has 0 bridgehead atoms. The Balaban J connectivity index is -0.000000320. The summed E-state index contributed by atoms with van der Waals surface area (Å²) in [5.41, 5.74) is 5.44. The molecule has 0 heterocycles. The van der Waals surface area contributed by atoms with Gasteiger partial charge >= 0.3 is 0 Å². The van der Waals surface area contributed by atoms with E-state index in [0.717, 1.165) is 0 Å². The van der Waals surface area contributed by atoms with Gasteiger partial charge in [0.05, 0.1) is 19.0 Å². The minimum absolute atomic E-state index is 0. The molecular weight excluding hydrogens is 187 g/mol. The first-order valence-corrected chi connectivity index (χ1v) is 3.09. The SMILES string of the molecule is CC(C)C(N)=NCCO.Cl.Cl. The van der Waals surface area contributed by atoms with Crippen LogP contribution in [0.5, 0.6) is 0 Å². The lowest BCUT2D eigenvalue weighted by Gasteiger charge is -2.01. The average Bonchev–Trinajstić information content (AvgIpc) is 1.82. The van der Waals surface area contributed by atoms with Crippen LogP contribution in [0.2, 0.25) is 0 Å². The molecule has 0 atom stereocenters. The molecule has 3 N–H and O–H groups in total. The Hall–Kier alpha value is 0.01000. The molecule has 5 heteroatoms.